The van der Waals surface area contributed by atoms with Gasteiger partial charge in [0.2, 0.25) is 0 Å². The summed E-state index contributed by atoms with van der Waals surface area (Å²) in [6.07, 6.45) is 3.54. The van der Waals surface area contributed by atoms with Crippen LogP contribution in [0.15, 0.2) is 30.7 Å². The third kappa shape index (κ3) is 2.85. The average Bonchev–Trinajstić information content (AvgIpc) is 2.87. The van der Waals surface area contributed by atoms with Crippen LogP contribution in [0.2, 0.25) is 0 Å². The van der Waals surface area contributed by atoms with E-state index in [4.69, 9.17) is 0 Å². The zero-order chi connectivity index (χ0) is 13.1. The van der Waals surface area contributed by atoms with Crippen molar-refractivity contribution in [1.82, 2.24) is 20.3 Å². The maximum absolute atomic E-state index is 4.32. The summed E-state index contributed by atoms with van der Waals surface area (Å²) < 4.78 is 0. The summed E-state index contributed by atoms with van der Waals surface area (Å²) in [4.78, 5) is 13.9. The highest BCUT2D eigenvalue weighted by Gasteiger charge is 2.17. The van der Waals surface area contributed by atoms with Crippen molar-refractivity contribution >= 4 is 11.6 Å². The maximum atomic E-state index is 4.32. The number of H-pyrrole nitrogens is 1. The SMILES string of the molecule is CN(Cc1ccc[nH]1)c1cc(NC2CNC2)ncn1. The van der Waals surface area contributed by atoms with Crippen LogP contribution in [0.25, 0.3) is 0 Å². The van der Waals surface area contributed by atoms with Crippen molar-refractivity contribution < 1.29 is 0 Å². The minimum absolute atomic E-state index is 0.483. The van der Waals surface area contributed by atoms with Gasteiger partial charge < -0.3 is 20.5 Å². The van der Waals surface area contributed by atoms with Gasteiger partial charge in [0.25, 0.3) is 0 Å². The molecule has 2 aromatic heterocycles. The van der Waals surface area contributed by atoms with E-state index in [0.717, 1.165) is 31.3 Å². The highest BCUT2D eigenvalue weighted by Crippen LogP contribution is 2.15. The third-order valence-electron chi connectivity index (χ3n) is 3.25. The van der Waals surface area contributed by atoms with Crippen molar-refractivity contribution in [2.24, 2.45) is 0 Å². The molecule has 0 amide bonds. The number of aromatic amines is 1. The second-order valence-corrected chi connectivity index (χ2v) is 4.81. The molecule has 3 N–H and O–H groups in total. The zero-order valence-corrected chi connectivity index (χ0v) is 10.9. The fraction of sp³-hybridized carbons (Fsp3) is 0.385. The molecule has 0 saturated carbocycles. The summed E-state index contributed by atoms with van der Waals surface area (Å²) in [5.41, 5.74) is 1.17. The number of anilines is 2. The van der Waals surface area contributed by atoms with Crippen molar-refractivity contribution in [3.63, 3.8) is 0 Å². The lowest BCUT2D eigenvalue weighted by Crippen LogP contribution is -2.51. The summed E-state index contributed by atoms with van der Waals surface area (Å²) in [5, 5.41) is 6.61. The molecule has 6 heteroatoms. The average molecular weight is 258 g/mol. The van der Waals surface area contributed by atoms with E-state index in [1.54, 1.807) is 6.33 Å². The molecule has 1 fully saturated rings. The normalized spacial score (nSPS) is 15.0. The monoisotopic (exact) mass is 258 g/mol. The lowest BCUT2D eigenvalue weighted by Gasteiger charge is -2.28. The Morgan fingerprint density at radius 1 is 1.42 bits per heavy atom. The van der Waals surface area contributed by atoms with E-state index in [1.807, 2.05) is 25.4 Å². The van der Waals surface area contributed by atoms with Gasteiger partial charge in [-0.05, 0) is 12.1 Å². The van der Waals surface area contributed by atoms with Crippen LogP contribution in [-0.2, 0) is 6.54 Å². The van der Waals surface area contributed by atoms with Gasteiger partial charge in [-0.25, -0.2) is 9.97 Å². The quantitative estimate of drug-likeness (QED) is 0.741. The highest BCUT2D eigenvalue weighted by atomic mass is 15.2. The first-order valence-corrected chi connectivity index (χ1v) is 6.44. The van der Waals surface area contributed by atoms with Crippen LogP contribution >= 0.6 is 0 Å². The molecule has 3 rings (SSSR count). The van der Waals surface area contributed by atoms with Gasteiger partial charge in [0, 0.05) is 38.1 Å². The molecule has 3 heterocycles. The molecule has 0 unspecified atom stereocenters. The van der Waals surface area contributed by atoms with E-state index in [2.05, 4.69) is 36.6 Å². The van der Waals surface area contributed by atoms with Gasteiger partial charge in [0.15, 0.2) is 0 Å². The highest BCUT2D eigenvalue weighted by molar-refractivity contribution is 5.48. The predicted molar refractivity (Wildman–Crippen MR) is 75.2 cm³/mol. The number of hydrogen-bond acceptors (Lipinski definition) is 5. The van der Waals surface area contributed by atoms with Crippen LogP contribution in [0.4, 0.5) is 11.6 Å². The molecule has 0 radical (unpaired) electrons. The molecule has 0 atom stereocenters. The molecule has 1 aliphatic rings. The van der Waals surface area contributed by atoms with Gasteiger partial charge >= 0.3 is 0 Å². The van der Waals surface area contributed by atoms with Gasteiger partial charge in [-0.2, -0.15) is 0 Å². The van der Waals surface area contributed by atoms with Crippen LogP contribution in [-0.4, -0.2) is 41.1 Å². The van der Waals surface area contributed by atoms with E-state index in [-0.39, 0.29) is 0 Å². The molecule has 0 spiro atoms. The first-order chi connectivity index (χ1) is 9.31. The molecule has 100 valence electrons. The van der Waals surface area contributed by atoms with E-state index in [1.165, 1.54) is 5.69 Å². The topological polar surface area (TPSA) is 68.9 Å². The Kier molecular flexibility index (Phi) is 3.33. The smallest absolute Gasteiger partial charge is 0.134 e. The van der Waals surface area contributed by atoms with Crippen molar-refractivity contribution in [2.75, 3.05) is 30.4 Å². The Bertz CT molecular complexity index is 520. The lowest BCUT2D eigenvalue weighted by molar-refractivity contribution is 0.471. The zero-order valence-electron chi connectivity index (χ0n) is 10.9. The summed E-state index contributed by atoms with van der Waals surface area (Å²) in [7, 11) is 2.03. The summed E-state index contributed by atoms with van der Waals surface area (Å²) in [5.74, 6) is 1.80. The van der Waals surface area contributed by atoms with Gasteiger partial charge in [0.05, 0.1) is 12.6 Å². The van der Waals surface area contributed by atoms with Crippen molar-refractivity contribution in [2.45, 2.75) is 12.6 Å². The molecular weight excluding hydrogens is 240 g/mol. The molecule has 6 nitrogen and oxygen atoms in total. The predicted octanol–water partition coefficient (Wildman–Crippen LogP) is 0.825. The fourth-order valence-electron chi connectivity index (χ4n) is 2.04. The largest absolute Gasteiger partial charge is 0.365 e. The molecule has 0 bridgehead atoms. The second-order valence-electron chi connectivity index (χ2n) is 4.81. The number of hydrogen-bond donors (Lipinski definition) is 3. The van der Waals surface area contributed by atoms with Crippen LogP contribution in [0, 0.1) is 0 Å². The minimum Gasteiger partial charge on any atom is -0.365 e. The molecular formula is C13H18N6. The van der Waals surface area contributed by atoms with E-state index >= 15 is 0 Å². The maximum Gasteiger partial charge on any atom is 0.134 e. The molecule has 1 saturated heterocycles. The molecule has 19 heavy (non-hydrogen) atoms. The number of nitrogens with zero attached hydrogens (tertiary/aromatic N) is 3. The van der Waals surface area contributed by atoms with Crippen molar-refractivity contribution in [3.8, 4) is 0 Å². The molecule has 0 aromatic carbocycles. The Morgan fingerprint density at radius 3 is 3.00 bits per heavy atom. The summed E-state index contributed by atoms with van der Waals surface area (Å²) in [6, 6.07) is 6.54. The lowest BCUT2D eigenvalue weighted by atomic mass is 10.2. The first-order valence-electron chi connectivity index (χ1n) is 6.44. The Morgan fingerprint density at radius 2 is 2.32 bits per heavy atom. The molecule has 1 aliphatic heterocycles. The Labute approximate surface area is 112 Å². The number of aromatic nitrogens is 3. The van der Waals surface area contributed by atoms with Crippen LogP contribution < -0.4 is 15.5 Å². The van der Waals surface area contributed by atoms with Crippen molar-refractivity contribution in [1.29, 1.82) is 0 Å². The Hall–Kier alpha value is -2.08. The molecule has 2 aromatic rings. The standard InChI is InChI=1S/C13H18N6/c1-19(8-10-3-2-4-15-10)13-5-12(16-9-17-13)18-11-6-14-7-11/h2-5,9,11,14-15H,6-8H2,1H3,(H,16,17,18). The van der Waals surface area contributed by atoms with Gasteiger partial charge in [-0.1, -0.05) is 0 Å². The first kappa shape index (κ1) is 12.0. The van der Waals surface area contributed by atoms with Gasteiger partial charge in [-0.3, -0.25) is 0 Å². The minimum atomic E-state index is 0.483. The second kappa shape index (κ2) is 5.27. The van der Waals surface area contributed by atoms with E-state index in [0.29, 0.717) is 6.04 Å². The molecule has 0 aliphatic carbocycles. The summed E-state index contributed by atoms with van der Waals surface area (Å²) >= 11 is 0. The number of rotatable bonds is 5. The van der Waals surface area contributed by atoms with Crippen LogP contribution in [0.5, 0.6) is 0 Å². The summed E-state index contributed by atoms with van der Waals surface area (Å²) in [6.45, 7) is 2.80. The van der Waals surface area contributed by atoms with E-state index in [9.17, 15) is 0 Å². The number of nitrogens with one attached hydrogen (secondary N) is 3. The van der Waals surface area contributed by atoms with Crippen LogP contribution in [0.1, 0.15) is 5.69 Å². The van der Waals surface area contributed by atoms with Crippen LogP contribution in [0.3, 0.4) is 0 Å². The van der Waals surface area contributed by atoms with Gasteiger partial charge in [-0.15, -0.1) is 0 Å². The van der Waals surface area contributed by atoms with E-state index < -0.39 is 0 Å². The Balaban J connectivity index is 1.67. The van der Waals surface area contributed by atoms with Crippen molar-refractivity contribution in [3.05, 3.63) is 36.4 Å². The third-order valence-corrected chi connectivity index (χ3v) is 3.25. The van der Waals surface area contributed by atoms with Gasteiger partial charge in [0.1, 0.15) is 18.0 Å². The fourth-order valence-corrected chi connectivity index (χ4v) is 2.04.